The van der Waals surface area contributed by atoms with Gasteiger partial charge in [0.25, 0.3) is 11.8 Å². The number of hydrogen-bond acceptors (Lipinski definition) is 2. The van der Waals surface area contributed by atoms with Crippen molar-refractivity contribution in [3.8, 4) is 0 Å². The first-order valence-electron chi connectivity index (χ1n) is 5.65. The first-order chi connectivity index (χ1) is 8.02. The van der Waals surface area contributed by atoms with E-state index in [1.54, 1.807) is 24.3 Å². The quantitative estimate of drug-likeness (QED) is 0.590. The third kappa shape index (κ3) is 1.88. The Bertz CT molecular complexity index is 468. The van der Waals surface area contributed by atoms with Crippen LogP contribution in [-0.2, 0) is 0 Å². The number of amides is 2. The number of benzene rings is 1. The van der Waals surface area contributed by atoms with Crippen LogP contribution in [0.2, 0.25) is 0 Å². The van der Waals surface area contributed by atoms with E-state index < -0.39 is 0 Å². The Morgan fingerprint density at radius 2 is 1.65 bits per heavy atom. The van der Waals surface area contributed by atoms with Crippen molar-refractivity contribution in [2.75, 3.05) is 6.54 Å². The number of imide groups is 1. The molecule has 0 radical (unpaired) electrons. The monoisotopic (exact) mass is 229 g/mol. The lowest BCUT2D eigenvalue weighted by Gasteiger charge is -2.17. The van der Waals surface area contributed by atoms with Gasteiger partial charge in [-0.2, -0.15) is 0 Å². The summed E-state index contributed by atoms with van der Waals surface area (Å²) >= 11 is 0. The van der Waals surface area contributed by atoms with Crippen molar-refractivity contribution in [2.45, 2.75) is 13.8 Å². The smallest absolute Gasteiger partial charge is 0.261 e. The molecule has 1 heterocycles. The van der Waals surface area contributed by atoms with E-state index in [9.17, 15) is 9.59 Å². The number of fused-ring (bicyclic) bond motifs is 1. The average Bonchev–Trinajstić information content (AvgIpc) is 2.55. The van der Waals surface area contributed by atoms with Gasteiger partial charge in [0.15, 0.2) is 0 Å². The van der Waals surface area contributed by atoms with Gasteiger partial charge < -0.3 is 0 Å². The number of carbonyl (C=O) groups excluding carboxylic acids is 2. The molecule has 0 saturated carbocycles. The Morgan fingerprint density at radius 1 is 1.18 bits per heavy atom. The van der Waals surface area contributed by atoms with Crippen molar-refractivity contribution < 1.29 is 9.59 Å². The van der Waals surface area contributed by atoms with Crippen LogP contribution in [0.1, 0.15) is 34.6 Å². The van der Waals surface area contributed by atoms with Crippen LogP contribution in [0, 0.1) is 5.92 Å². The maximum absolute atomic E-state index is 12.0. The fourth-order valence-corrected chi connectivity index (χ4v) is 1.77. The van der Waals surface area contributed by atoms with Gasteiger partial charge in [-0.05, 0) is 18.1 Å². The first-order valence-corrected chi connectivity index (χ1v) is 5.65. The van der Waals surface area contributed by atoms with Crippen molar-refractivity contribution in [3.05, 3.63) is 47.5 Å². The molecule has 17 heavy (non-hydrogen) atoms. The molecule has 3 heteroatoms. The van der Waals surface area contributed by atoms with Crippen LogP contribution < -0.4 is 0 Å². The summed E-state index contributed by atoms with van der Waals surface area (Å²) in [5.41, 5.74) is 1.88. The van der Waals surface area contributed by atoms with Crippen LogP contribution in [0.3, 0.4) is 0 Å². The van der Waals surface area contributed by atoms with E-state index in [0.29, 0.717) is 17.7 Å². The molecule has 1 aromatic rings. The molecule has 2 amide bonds. The van der Waals surface area contributed by atoms with E-state index >= 15 is 0 Å². The summed E-state index contributed by atoms with van der Waals surface area (Å²) in [4.78, 5) is 25.3. The zero-order valence-corrected chi connectivity index (χ0v) is 10.1. The third-order valence-electron chi connectivity index (χ3n) is 3.06. The van der Waals surface area contributed by atoms with Gasteiger partial charge in [-0.25, -0.2) is 0 Å². The summed E-state index contributed by atoms with van der Waals surface area (Å²) in [6.07, 6.45) is 0. The highest BCUT2D eigenvalue weighted by atomic mass is 16.2. The van der Waals surface area contributed by atoms with Gasteiger partial charge in [-0.15, -0.1) is 0 Å². The molecular weight excluding hydrogens is 214 g/mol. The Kier molecular flexibility index (Phi) is 2.84. The van der Waals surface area contributed by atoms with Crippen molar-refractivity contribution in [3.63, 3.8) is 0 Å². The van der Waals surface area contributed by atoms with E-state index in [1.165, 1.54) is 4.90 Å². The lowest BCUT2D eigenvalue weighted by atomic mass is 10.1. The van der Waals surface area contributed by atoms with Crippen LogP contribution in [0.5, 0.6) is 0 Å². The molecule has 0 spiro atoms. The van der Waals surface area contributed by atoms with Crippen molar-refractivity contribution in [1.82, 2.24) is 4.90 Å². The normalized spacial score (nSPS) is 14.4. The zero-order valence-electron chi connectivity index (χ0n) is 10.1. The van der Waals surface area contributed by atoms with E-state index in [4.69, 9.17) is 0 Å². The van der Waals surface area contributed by atoms with Gasteiger partial charge in [0, 0.05) is 0 Å². The van der Waals surface area contributed by atoms with E-state index in [2.05, 4.69) is 6.58 Å². The summed E-state index contributed by atoms with van der Waals surface area (Å²) in [5.74, 6) is -0.167. The lowest BCUT2D eigenvalue weighted by Crippen LogP contribution is -2.32. The third-order valence-corrected chi connectivity index (χ3v) is 3.06. The molecule has 0 N–H and O–H groups in total. The summed E-state index contributed by atoms with van der Waals surface area (Å²) in [5, 5.41) is 0. The summed E-state index contributed by atoms with van der Waals surface area (Å²) < 4.78 is 0. The number of carbonyl (C=O) groups is 2. The molecule has 2 rings (SSSR count). The molecule has 0 fully saturated rings. The first kappa shape index (κ1) is 11.6. The highest BCUT2D eigenvalue weighted by molar-refractivity contribution is 6.21. The topological polar surface area (TPSA) is 37.4 Å². The Hall–Kier alpha value is -1.90. The highest BCUT2D eigenvalue weighted by Crippen LogP contribution is 2.24. The molecular formula is C14H15NO2. The molecule has 0 atom stereocenters. The maximum Gasteiger partial charge on any atom is 0.261 e. The van der Waals surface area contributed by atoms with Gasteiger partial charge >= 0.3 is 0 Å². The molecule has 0 aromatic heterocycles. The molecule has 88 valence electrons. The second-order valence-corrected chi connectivity index (χ2v) is 4.55. The molecule has 3 nitrogen and oxygen atoms in total. The molecule has 0 bridgehead atoms. The van der Waals surface area contributed by atoms with Crippen molar-refractivity contribution >= 4 is 11.8 Å². The molecule has 0 unspecified atom stereocenters. The Balaban J connectivity index is 2.28. The number of hydrogen-bond donors (Lipinski definition) is 0. The van der Waals surface area contributed by atoms with Gasteiger partial charge in [0.2, 0.25) is 0 Å². The van der Waals surface area contributed by atoms with Gasteiger partial charge in [0.1, 0.15) is 0 Å². The zero-order chi connectivity index (χ0) is 12.6. The van der Waals surface area contributed by atoms with Gasteiger partial charge in [-0.3, -0.25) is 14.5 Å². The summed E-state index contributed by atoms with van der Waals surface area (Å²) in [6, 6.07) is 6.91. The van der Waals surface area contributed by atoms with Gasteiger partial charge in [-0.1, -0.05) is 38.1 Å². The second-order valence-electron chi connectivity index (χ2n) is 4.55. The minimum Gasteiger partial charge on any atom is -0.270 e. The number of rotatable bonds is 3. The molecule has 1 aliphatic rings. The highest BCUT2D eigenvalue weighted by Gasteiger charge is 2.35. The van der Waals surface area contributed by atoms with Crippen LogP contribution in [0.25, 0.3) is 0 Å². The van der Waals surface area contributed by atoms with Crippen LogP contribution in [-0.4, -0.2) is 23.3 Å². The van der Waals surface area contributed by atoms with Gasteiger partial charge in [0.05, 0.1) is 17.7 Å². The van der Waals surface area contributed by atoms with Crippen molar-refractivity contribution in [2.24, 2.45) is 5.92 Å². The SMILES string of the molecule is C=C(CN1C(=O)c2ccccc2C1=O)C(C)C. The standard InChI is InChI=1S/C14H15NO2/c1-9(2)10(3)8-15-13(16)11-6-4-5-7-12(11)14(15)17/h4-7,9H,3,8H2,1-2H3. The fourth-order valence-electron chi connectivity index (χ4n) is 1.77. The predicted molar refractivity (Wildman–Crippen MR) is 65.8 cm³/mol. The second kappa shape index (κ2) is 4.17. The molecule has 1 aliphatic heterocycles. The summed E-state index contributed by atoms with van der Waals surface area (Å²) in [6.45, 7) is 8.21. The van der Waals surface area contributed by atoms with E-state index in [0.717, 1.165) is 5.57 Å². The van der Waals surface area contributed by atoms with E-state index in [-0.39, 0.29) is 17.7 Å². The van der Waals surface area contributed by atoms with E-state index in [1.807, 2.05) is 13.8 Å². The number of nitrogens with zero attached hydrogens (tertiary/aromatic N) is 1. The van der Waals surface area contributed by atoms with Crippen LogP contribution >= 0.6 is 0 Å². The average molecular weight is 229 g/mol. The largest absolute Gasteiger partial charge is 0.270 e. The minimum atomic E-state index is -0.215. The fraction of sp³-hybridized carbons (Fsp3) is 0.286. The van der Waals surface area contributed by atoms with Crippen molar-refractivity contribution in [1.29, 1.82) is 0 Å². The minimum absolute atomic E-state index is 0.215. The summed E-state index contributed by atoms with van der Waals surface area (Å²) in [7, 11) is 0. The predicted octanol–water partition coefficient (Wildman–Crippen LogP) is 2.49. The van der Waals surface area contributed by atoms with Crippen LogP contribution in [0.15, 0.2) is 36.4 Å². The van der Waals surface area contributed by atoms with Crippen LogP contribution in [0.4, 0.5) is 0 Å². The molecule has 1 aromatic carbocycles. The Labute approximate surface area is 101 Å². The maximum atomic E-state index is 12.0. The lowest BCUT2D eigenvalue weighted by molar-refractivity contribution is 0.0665. The molecule has 0 saturated heterocycles. The Morgan fingerprint density at radius 3 is 2.06 bits per heavy atom. The molecule has 0 aliphatic carbocycles.